The Morgan fingerprint density at radius 3 is 2.41 bits per heavy atom. The summed E-state index contributed by atoms with van der Waals surface area (Å²) in [5.74, 6) is 1.24. The minimum absolute atomic E-state index is 0.165. The van der Waals surface area contributed by atoms with Crippen molar-refractivity contribution in [2.75, 3.05) is 54.1 Å². The second-order valence-corrected chi connectivity index (χ2v) is 7.97. The number of benzene rings is 1. The zero-order valence-electron chi connectivity index (χ0n) is 18.0. The van der Waals surface area contributed by atoms with Crippen molar-refractivity contribution in [2.24, 2.45) is 0 Å². The van der Waals surface area contributed by atoms with Crippen molar-refractivity contribution >= 4 is 52.2 Å². The number of hydrogen-bond donors (Lipinski definition) is 3. The summed E-state index contributed by atoms with van der Waals surface area (Å²) in [5.41, 5.74) is 2.40. The van der Waals surface area contributed by atoms with Gasteiger partial charge in [0.05, 0.1) is 29.5 Å². The monoisotopic (exact) mass is 452 g/mol. The van der Waals surface area contributed by atoms with Crippen LogP contribution < -0.4 is 20.9 Å². The van der Waals surface area contributed by atoms with Gasteiger partial charge in [-0.3, -0.25) is 4.79 Å². The first kappa shape index (κ1) is 21.8. The molecular weight excluding hydrogens is 428 g/mol. The Labute approximate surface area is 191 Å². The van der Waals surface area contributed by atoms with Gasteiger partial charge in [0.2, 0.25) is 11.9 Å². The Morgan fingerprint density at radius 1 is 0.969 bits per heavy atom. The smallest absolute Gasteiger partial charge is 0.230 e. The zero-order valence-corrected chi connectivity index (χ0v) is 18.7. The van der Waals surface area contributed by atoms with E-state index in [1.807, 2.05) is 36.5 Å². The average molecular weight is 453 g/mol. The zero-order chi connectivity index (χ0) is 22.5. The largest absolute Gasteiger partial charge is 0.368 e. The predicted molar refractivity (Wildman–Crippen MR) is 128 cm³/mol. The molecule has 0 spiro atoms. The van der Waals surface area contributed by atoms with Gasteiger partial charge in [0.1, 0.15) is 10.8 Å². The van der Waals surface area contributed by atoms with E-state index in [-0.39, 0.29) is 5.91 Å². The van der Waals surface area contributed by atoms with Gasteiger partial charge in [0.15, 0.2) is 5.82 Å². The standard InChI is InChI=1S/C22H25ClN8O/c1-15(32)26-18-5-3-4-6-19(18)27-21-17(23)14-25-22(29-21)28-20-8-7-16(13-24-20)31-11-9-30(2)10-12-31/h3-8,13-14H,9-12H2,1-2H3,(H,26,32)(H2,24,25,27,28,29). The number of carbonyl (C=O) groups excluding carboxylic acids is 1. The van der Waals surface area contributed by atoms with Crippen LogP contribution in [0.2, 0.25) is 5.02 Å². The molecule has 0 unspecified atom stereocenters. The van der Waals surface area contributed by atoms with Gasteiger partial charge in [-0.05, 0) is 31.3 Å². The number of nitrogens with zero attached hydrogens (tertiary/aromatic N) is 5. The molecule has 9 nitrogen and oxygen atoms in total. The van der Waals surface area contributed by atoms with Gasteiger partial charge in [-0.2, -0.15) is 4.98 Å². The number of likely N-dealkylation sites (N-methyl/N-ethyl adjacent to an activating group) is 1. The summed E-state index contributed by atoms with van der Waals surface area (Å²) in [5, 5.41) is 9.41. The lowest BCUT2D eigenvalue weighted by atomic mass is 10.2. The lowest BCUT2D eigenvalue weighted by Crippen LogP contribution is -2.44. The molecule has 3 aromatic rings. The SMILES string of the molecule is CC(=O)Nc1ccccc1Nc1nc(Nc2ccc(N3CCN(C)CC3)cn2)ncc1Cl. The van der Waals surface area contributed by atoms with Crippen molar-refractivity contribution < 1.29 is 4.79 Å². The molecule has 1 aromatic carbocycles. The fraction of sp³-hybridized carbons (Fsp3) is 0.273. The number of anilines is 6. The fourth-order valence-electron chi connectivity index (χ4n) is 3.36. The normalized spacial score (nSPS) is 14.2. The highest BCUT2D eigenvalue weighted by molar-refractivity contribution is 6.33. The maximum atomic E-state index is 11.5. The third-order valence-electron chi connectivity index (χ3n) is 5.09. The van der Waals surface area contributed by atoms with Crippen LogP contribution in [0.15, 0.2) is 48.8 Å². The Bertz CT molecular complexity index is 1080. The van der Waals surface area contributed by atoms with E-state index in [0.717, 1.165) is 31.9 Å². The van der Waals surface area contributed by atoms with Gasteiger partial charge < -0.3 is 25.8 Å². The maximum absolute atomic E-state index is 11.5. The van der Waals surface area contributed by atoms with E-state index in [1.165, 1.54) is 13.1 Å². The molecule has 4 rings (SSSR count). The highest BCUT2D eigenvalue weighted by atomic mass is 35.5. The third-order valence-corrected chi connectivity index (χ3v) is 5.37. The molecular formula is C22H25ClN8O. The number of para-hydroxylation sites is 2. The van der Waals surface area contributed by atoms with Crippen molar-refractivity contribution in [2.45, 2.75) is 6.92 Å². The summed E-state index contributed by atoms with van der Waals surface area (Å²) in [7, 11) is 2.14. The van der Waals surface area contributed by atoms with Crippen molar-refractivity contribution in [1.82, 2.24) is 19.9 Å². The molecule has 0 saturated carbocycles. The molecule has 1 amide bonds. The van der Waals surface area contributed by atoms with E-state index < -0.39 is 0 Å². The van der Waals surface area contributed by atoms with Crippen LogP contribution in [0.4, 0.5) is 34.6 Å². The minimum Gasteiger partial charge on any atom is -0.368 e. The summed E-state index contributed by atoms with van der Waals surface area (Å²) in [6, 6.07) is 11.3. The van der Waals surface area contributed by atoms with Crippen LogP contribution in [0.5, 0.6) is 0 Å². The van der Waals surface area contributed by atoms with Gasteiger partial charge >= 0.3 is 0 Å². The average Bonchev–Trinajstić information content (AvgIpc) is 2.78. The molecule has 1 fully saturated rings. The fourth-order valence-corrected chi connectivity index (χ4v) is 3.50. The molecule has 32 heavy (non-hydrogen) atoms. The van der Waals surface area contributed by atoms with E-state index in [4.69, 9.17) is 11.6 Å². The van der Waals surface area contributed by atoms with Gasteiger partial charge in [-0.1, -0.05) is 23.7 Å². The first-order valence-electron chi connectivity index (χ1n) is 10.3. The van der Waals surface area contributed by atoms with E-state index >= 15 is 0 Å². The number of nitrogens with one attached hydrogen (secondary N) is 3. The minimum atomic E-state index is -0.165. The summed E-state index contributed by atoms with van der Waals surface area (Å²) in [4.78, 5) is 29.3. The number of piperazine rings is 1. The van der Waals surface area contributed by atoms with Crippen molar-refractivity contribution in [1.29, 1.82) is 0 Å². The molecule has 2 aromatic heterocycles. The van der Waals surface area contributed by atoms with Crippen LogP contribution in [0.3, 0.4) is 0 Å². The lowest BCUT2D eigenvalue weighted by molar-refractivity contribution is -0.114. The molecule has 1 aliphatic rings. The van der Waals surface area contributed by atoms with Crippen molar-refractivity contribution in [3.8, 4) is 0 Å². The molecule has 0 atom stereocenters. The number of hydrogen-bond acceptors (Lipinski definition) is 8. The lowest BCUT2D eigenvalue weighted by Gasteiger charge is -2.33. The number of amides is 1. The highest BCUT2D eigenvalue weighted by Gasteiger charge is 2.15. The summed E-state index contributed by atoms with van der Waals surface area (Å²) >= 11 is 6.30. The molecule has 1 saturated heterocycles. The maximum Gasteiger partial charge on any atom is 0.230 e. The first-order chi connectivity index (χ1) is 15.5. The molecule has 0 aliphatic carbocycles. The van der Waals surface area contributed by atoms with Gasteiger partial charge in [0, 0.05) is 33.1 Å². The van der Waals surface area contributed by atoms with Crippen LogP contribution >= 0.6 is 11.6 Å². The highest BCUT2D eigenvalue weighted by Crippen LogP contribution is 2.29. The number of halogens is 1. The van der Waals surface area contributed by atoms with Crippen LogP contribution in [0.1, 0.15) is 6.92 Å². The number of rotatable bonds is 6. The van der Waals surface area contributed by atoms with Gasteiger partial charge in [0.25, 0.3) is 0 Å². The predicted octanol–water partition coefficient (Wildman–Crippen LogP) is 3.72. The number of carbonyl (C=O) groups is 1. The number of aromatic nitrogens is 3. The topological polar surface area (TPSA) is 98.3 Å². The van der Waals surface area contributed by atoms with Gasteiger partial charge in [-0.25, -0.2) is 9.97 Å². The van der Waals surface area contributed by atoms with Crippen molar-refractivity contribution in [3.05, 3.63) is 53.8 Å². The van der Waals surface area contributed by atoms with E-state index in [1.54, 1.807) is 6.07 Å². The Kier molecular flexibility index (Phi) is 6.67. The molecule has 0 bridgehead atoms. The summed E-state index contributed by atoms with van der Waals surface area (Å²) < 4.78 is 0. The van der Waals surface area contributed by atoms with Crippen LogP contribution in [0.25, 0.3) is 0 Å². The Hall–Kier alpha value is -3.43. The Balaban J connectivity index is 1.47. The molecule has 3 N–H and O–H groups in total. The molecule has 166 valence electrons. The number of pyridine rings is 1. The summed E-state index contributed by atoms with van der Waals surface area (Å²) in [6.45, 7) is 5.51. The summed E-state index contributed by atoms with van der Waals surface area (Å²) in [6.07, 6.45) is 3.37. The van der Waals surface area contributed by atoms with E-state index in [9.17, 15) is 4.79 Å². The first-order valence-corrected chi connectivity index (χ1v) is 10.7. The second kappa shape index (κ2) is 9.80. The Morgan fingerprint density at radius 2 is 1.72 bits per heavy atom. The van der Waals surface area contributed by atoms with E-state index in [2.05, 4.69) is 47.7 Å². The van der Waals surface area contributed by atoms with Crippen LogP contribution in [-0.2, 0) is 4.79 Å². The molecule has 3 heterocycles. The van der Waals surface area contributed by atoms with Gasteiger partial charge in [-0.15, -0.1) is 0 Å². The molecule has 0 radical (unpaired) electrons. The van der Waals surface area contributed by atoms with Crippen molar-refractivity contribution in [3.63, 3.8) is 0 Å². The van der Waals surface area contributed by atoms with Crippen LogP contribution in [-0.4, -0.2) is 59.0 Å². The molecule has 1 aliphatic heterocycles. The third kappa shape index (κ3) is 5.43. The van der Waals surface area contributed by atoms with E-state index in [0.29, 0.717) is 34.0 Å². The second-order valence-electron chi connectivity index (χ2n) is 7.56. The van der Waals surface area contributed by atoms with Crippen LogP contribution in [0, 0.1) is 0 Å². The molecule has 10 heteroatoms. The quantitative estimate of drug-likeness (QED) is 0.520.